The average Bonchev–Trinajstić information content (AvgIpc) is 2.36. The Balaban J connectivity index is 2.26. The maximum atomic E-state index is 5.57. The van der Waals surface area contributed by atoms with Crippen molar-refractivity contribution < 1.29 is 4.74 Å². The van der Waals surface area contributed by atoms with Gasteiger partial charge in [-0.05, 0) is 31.5 Å². The summed E-state index contributed by atoms with van der Waals surface area (Å²) in [5.74, 6) is 0. The molecule has 0 radical (unpaired) electrons. The van der Waals surface area contributed by atoms with Crippen molar-refractivity contribution in [2.24, 2.45) is 5.73 Å². The molecule has 3 nitrogen and oxygen atoms in total. The minimum absolute atomic E-state index is 0.616. The summed E-state index contributed by atoms with van der Waals surface area (Å²) in [5, 5.41) is 0. The second kappa shape index (κ2) is 8.23. The van der Waals surface area contributed by atoms with E-state index >= 15 is 0 Å². The van der Waals surface area contributed by atoms with Gasteiger partial charge in [0, 0.05) is 32.8 Å². The molecule has 0 saturated heterocycles. The first-order chi connectivity index (χ1) is 8.26. The molecule has 0 spiro atoms. The molecule has 0 atom stereocenters. The van der Waals surface area contributed by atoms with Gasteiger partial charge in [-0.2, -0.15) is 0 Å². The van der Waals surface area contributed by atoms with Crippen molar-refractivity contribution in [3.8, 4) is 0 Å². The highest BCUT2D eigenvalue weighted by molar-refractivity contribution is 5.22. The Morgan fingerprint density at radius 2 is 1.82 bits per heavy atom. The van der Waals surface area contributed by atoms with E-state index in [1.165, 1.54) is 11.1 Å². The molecular formula is C14H24N2O. The van der Waals surface area contributed by atoms with Gasteiger partial charge in [-0.15, -0.1) is 0 Å². The van der Waals surface area contributed by atoms with Crippen LogP contribution in [0, 0.1) is 0 Å². The van der Waals surface area contributed by atoms with Gasteiger partial charge in [0.1, 0.15) is 0 Å². The summed E-state index contributed by atoms with van der Waals surface area (Å²) in [4.78, 5) is 2.32. The molecule has 0 amide bonds. The lowest BCUT2D eigenvalue weighted by atomic mass is 10.1. The van der Waals surface area contributed by atoms with Crippen LogP contribution in [0.1, 0.15) is 24.5 Å². The predicted octanol–water partition coefficient (Wildman–Crippen LogP) is 2.00. The molecule has 1 rings (SSSR count). The predicted molar refractivity (Wildman–Crippen MR) is 71.8 cm³/mol. The summed E-state index contributed by atoms with van der Waals surface area (Å²) in [6.07, 6.45) is 1.09. The van der Waals surface area contributed by atoms with Crippen LogP contribution in [0.4, 0.5) is 0 Å². The summed E-state index contributed by atoms with van der Waals surface area (Å²) >= 11 is 0. The zero-order valence-electron chi connectivity index (χ0n) is 11.0. The van der Waals surface area contributed by atoms with Gasteiger partial charge in [0.25, 0.3) is 0 Å². The molecule has 96 valence electrons. The van der Waals surface area contributed by atoms with Crippen molar-refractivity contribution in [1.82, 2.24) is 4.90 Å². The van der Waals surface area contributed by atoms with Crippen LogP contribution in [0.3, 0.4) is 0 Å². The molecule has 0 heterocycles. The molecule has 17 heavy (non-hydrogen) atoms. The first-order valence-electron chi connectivity index (χ1n) is 6.30. The summed E-state index contributed by atoms with van der Waals surface area (Å²) in [6.45, 7) is 6.36. The fourth-order valence-electron chi connectivity index (χ4n) is 1.75. The highest BCUT2D eigenvalue weighted by Gasteiger charge is 2.00. The van der Waals surface area contributed by atoms with Gasteiger partial charge in [0.05, 0.1) is 0 Å². The fraction of sp³-hybridized carbons (Fsp3) is 0.571. The molecule has 0 bridgehead atoms. The normalized spacial score (nSPS) is 11.1. The van der Waals surface area contributed by atoms with E-state index in [-0.39, 0.29) is 0 Å². The van der Waals surface area contributed by atoms with Gasteiger partial charge < -0.3 is 15.4 Å². The minimum Gasteiger partial charge on any atom is -0.382 e. The van der Waals surface area contributed by atoms with Gasteiger partial charge in [-0.3, -0.25) is 0 Å². The van der Waals surface area contributed by atoms with Crippen LogP contribution in [-0.4, -0.2) is 31.7 Å². The van der Waals surface area contributed by atoms with Crippen molar-refractivity contribution in [3.05, 3.63) is 35.4 Å². The molecule has 0 aliphatic rings. The molecule has 0 aliphatic heterocycles. The minimum atomic E-state index is 0.616. The number of hydrogen-bond donors (Lipinski definition) is 1. The molecule has 0 aromatic heterocycles. The lowest BCUT2D eigenvalue weighted by molar-refractivity contribution is 0.135. The summed E-state index contributed by atoms with van der Waals surface area (Å²) < 4.78 is 5.32. The van der Waals surface area contributed by atoms with Crippen LogP contribution in [-0.2, 0) is 17.8 Å². The third kappa shape index (κ3) is 5.82. The maximum absolute atomic E-state index is 5.57. The lowest BCUT2D eigenvalue weighted by Crippen LogP contribution is -2.20. The first-order valence-corrected chi connectivity index (χ1v) is 6.30. The largest absolute Gasteiger partial charge is 0.382 e. The van der Waals surface area contributed by atoms with Crippen LogP contribution < -0.4 is 5.73 Å². The van der Waals surface area contributed by atoms with Crippen molar-refractivity contribution in [1.29, 1.82) is 0 Å². The Morgan fingerprint density at radius 1 is 1.18 bits per heavy atom. The van der Waals surface area contributed by atoms with Crippen LogP contribution >= 0.6 is 0 Å². The maximum Gasteiger partial charge on any atom is 0.0478 e. The van der Waals surface area contributed by atoms with Gasteiger partial charge in [0.15, 0.2) is 0 Å². The molecule has 0 unspecified atom stereocenters. The van der Waals surface area contributed by atoms with E-state index in [0.29, 0.717) is 6.54 Å². The molecule has 1 aromatic rings. The Morgan fingerprint density at radius 3 is 2.41 bits per heavy atom. The summed E-state index contributed by atoms with van der Waals surface area (Å²) in [5.41, 5.74) is 8.09. The molecular weight excluding hydrogens is 212 g/mol. The van der Waals surface area contributed by atoms with Crippen LogP contribution in [0.25, 0.3) is 0 Å². The number of nitrogens with two attached hydrogens (primary N) is 1. The number of ether oxygens (including phenoxy) is 1. The van der Waals surface area contributed by atoms with E-state index in [1.807, 2.05) is 6.92 Å². The van der Waals surface area contributed by atoms with Crippen molar-refractivity contribution in [3.63, 3.8) is 0 Å². The first kappa shape index (κ1) is 14.2. The van der Waals surface area contributed by atoms with Gasteiger partial charge >= 0.3 is 0 Å². The van der Waals surface area contributed by atoms with E-state index in [9.17, 15) is 0 Å². The second-order valence-corrected chi connectivity index (χ2v) is 4.31. The molecule has 3 heteroatoms. The topological polar surface area (TPSA) is 38.5 Å². The summed E-state index contributed by atoms with van der Waals surface area (Å²) in [6, 6.07) is 8.51. The molecule has 0 fully saturated rings. The highest BCUT2D eigenvalue weighted by atomic mass is 16.5. The Labute approximate surface area is 105 Å². The van der Waals surface area contributed by atoms with Gasteiger partial charge in [0.2, 0.25) is 0 Å². The van der Waals surface area contributed by atoms with Gasteiger partial charge in [-0.25, -0.2) is 0 Å². The third-order valence-electron chi connectivity index (χ3n) is 2.74. The fourth-order valence-corrected chi connectivity index (χ4v) is 1.75. The number of nitrogens with zero attached hydrogens (tertiary/aromatic N) is 1. The van der Waals surface area contributed by atoms with E-state index in [1.54, 1.807) is 0 Å². The molecule has 0 saturated carbocycles. The molecule has 1 aromatic carbocycles. The Hall–Kier alpha value is -0.900. The standard InChI is InChI=1S/C14H24N2O/c1-3-17-10-4-9-16(2)12-14-7-5-13(11-15)6-8-14/h5-8H,3-4,9-12,15H2,1-2H3. The molecule has 0 aliphatic carbocycles. The highest BCUT2D eigenvalue weighted by Crippen LogP contribution is 2.06. The number of hydrogen-bond acceptors (Lipinski definition) is 3. The van der Waals surface area contributed by atoms with E-state index in [4.69, 9.17) is 10.5 Å². The van der Waals surface area contributed by atoms with Crippen LogP contribution in [0.15, 0.2) is 24.3 Å². The van der Waals surface area contributed by atoms with E-state index < -0.39 is 0 Å². The second-order valence-electron chi connectivity index (χ2n) is 4.31. The van der Waals surface area contributed by atoms with E-state index in [2.05, 4.69) is 36.2 Å². The van der Waals surface area contributed by atoms with Crippen molar-refractivity contribution >= 4 is 0 Å². The third-order valence-corrected chi connectivity index (χ3v) is 2.74. The number of benzene rings is 1. The smallest absolute Gasteiger partial charge is 0.0478 e. The average molecular weight is 236 g/mol. The van der Waals surface area contributed by atoms with E-state index in [0.717, 1.165) is 32.7 Å². The van der Waals surface area contributed by atoms with Crippen molar-refractivity contribution in [2.45, 2.75) is 26.4 Å². The monoisotopic (exact) mass is 236 g/mol. The van der Waals surface area contributed by atoms with Crippen molar-refractivity contribution in [2.75, 3.05) is 26.8 Å². The SMILES string of the molecule is CCOCCCN(C)Cc1ccc(CN)cc1. The lowest BCUT2D eigenvalue weighted by Gasteiger charge is -2.16. The quantitative estimate of drug-likeness (QED) is 0.702. The van der Waals surface area contributed by atoms with Crippen LogP contribution in [0.2, 0.25) is 0 Å². The summed E-state index contributed by atoms with van der Waals surface area (Å²) in [7, 11) is 2.14. The zero-order chi connectivity index (χ0) is 12.5. The van der Waals surface area contributed by atoms with Gasteiger partial charge in [-0.1, -0.05) is 24.3 Å². The zero-order valence-corrected chi connectivity index (χ0v) is 11.0. The Kier molecular flexibility index (Phi) is 6.86. The number of rotatable bonds is 8. The Bertz CT molecular complexity index is 298. The van der Waals surface area contributed by atoms with Crippen LogP contribution in [0.5, 0.6) is 0 Å². The molecule has 2 N–H and O–H groups in total.